The molecule has 0 radical (unpaired) electrons. The zero-order valence-electron chi connectivity index (χ0n) is 20.2. The molecule has 32 heavy (non-hydrogen) atoms. The molecule has 0 amide bonds. The first-order chi connectivity index (χ1) is 14.8. The van der Waals surface area contributed by atoms with Gasteiger partial charge in [-0.1, -0.05) is 19.4 Å². The summed E-state index contributed by atoms with van der Waals surface area (Å²) in [5.41, 5.74) is 0.396. The molecule has 0 unspecified atom stereocenters. The van der Waals surface area contributed by atoms with Gasteiger partial charge in [-0.15, -0.1) is 0 Å². The molecule has 3 N–H and O–H groups in total. The molecule has 4 aliphatic carbocycles. The van der Waals surface area contributed by atoms with Gasteiger partial charge in [0.1, 0.15) is 6.61 Å². The number of carbonyl (C=O) groups is 3. The van der Waals surface area contributed by atoms with Gasteiger partial charge in [-0.25, -0.2) is 0 Å². The predicted molar refractivity (Wildman–Crippen MR) is 121 cm³/mol. The maximum absolute atomic E-state index is 12.3. The van der Waals surface area contributed by atoms with E-state index in [2.05, 4.69) is 13.8 Å². The van der Waals surface area contributed by atoms with Crippen LogP contribution in [0.15, 0.2) is 11.6 Å². The highest BCUT2D eigenvalue weighted by molar-refractivity contribution is 5.91. The Balaban J connectivity index is 0.000000360. The molecule has 0 bridgehead atoms. The molecule has 0 spiro atoms. The van der Waals surface area contributed by atoms with E-state index < -0.39 is 17.5 Å². The maximum atomic E-state index is 12.3. The third kappa shape index (κ3) is 4.21. The number of hydrogen-bond acceptors (Lipinski definition) is 5. The molecule has 4 rings (SSSR count). The molecular formula is C26H40O6. The standard InChI is InChI=1S/C21H30O4.C5H10O2/c1-20-8-7-13(23)9-12(20)3-4-14-15-5-6-16(18(25)11-22)21(15,2)10-17(24)19(14)20;1-5(2,3)4(6)7/h9,14-17,19,22,24H,3-8,10-11H2,1-2H3;1-3H3,(H,6,7)/t14-,15-,16+,17-,19+,20-,21-;/m0./s1. The molecule has 0 aromatic rings. The predicted octanol–water partition coefficient (Wildman–Crippen LogP) is 3.78. The maximum Gasteiger partial charge on any atom is 0.308 e. The van der Waals surface area contributed by atoms with Crippen molar-refractivity contribution >= 4 is 17.5 Å². The fraction of sp³-hybridized carbons (Fsp3) is 0.808. The first-order valence-electron chi connectivity index (χ1n) is 12.0. The summed E-state index contributed by atoms with van der Waals surface area (Å²) in [5.74, 6) is 0.361. The van der Waals surface area contributed by atoms with Crippen LogP contribution >= 0.6 is 0 Å². The van der Waals surface area contributed by atoms with Crippen molar-refractivity contribution in [3.8, 4) is 0 Å². The topological polar surface area (TPSA) is 112 Å². The first-order valence-corrected chi connectivity index (χ1v) is 12.0. The number of allylic oxidation sites excluding steroid dienone is 1. The smallest absolute Gasteiger partial charge is 0.308 e. The fourth-order valence-electron chi connectivity index (χ4n) is 7.33. The van der Waals surface area contributed by atoms with Crippen LogP contribution < -0.4 is 0 Å². The van der Waals surface area contributed by atoms with E-state index in [9.17, 15) is 24.6 Å². The highest BCUT2D eigenvalue weighted by Crippen LogP contribution is 2.66. The number of carbonyl (C=O) groups excluding carboxylic acids is 2. The van der Waals surface area contributed by atoms with E-state index in [1.807, 2.05) is 6.08 Å². The van der Waals surface area contributed by atoms with Gasteiger partial charge in [0, 0.05) is 12.3 Å². The van der Waals surface area contributed by atoms with Gasteiger partial charge in [0.25, 0.3) is 0 Å². The van der Waals surface area contributed by atoms with Crippen LogP contribution in [0.5, 0.6) is 0 Å². The van der Waals surface area contributed by atoms with Gasteiger partial charge in [-0.05, 0) is 94.0 Å². The number of fused-ring (bicyclic) bond motifs is 5. The number of aliphatic carboxylic acids is 1. The van der Waals surface area contributed by atoms with Crippen molar-refractivity contribution < 1.29 is 29.7 Å². The summed E-state index contributed by atoms with van der Waals surface area (Å²) in [5, 5.41) is 28.8. The Morgan fingerprint density at radius 1 is 1.12 bits per heavy atom. The van der Waals surface area contributed by atoms with Gasteiger partial charge in [-0.2, -0.15) is 0 Å². The average molecular weight is 449 g/mol. The Labute approximate surface area is 191 Å². The summed E-state index contributed by atoms with van der Waals surface area (Å²) in [6.07, 6.45) is 7.32. The third-order valence-corrected chi connectivity index (χ3v) is 9.08. The van der Waals surface area contributed by atoms with Crippen molar-refractivity contribution in [1.82, 2.24) is 0 Å². The molecule has 180 valence electrons. The van der Waals surface area contributed by atoms with Gasteiger partial charge in [0.05, 0.1) is 11.5 Å². The molecular weight excluding hydrogens is 408 g/mol. The third-order valence-electron chi connectivity index (χ3n) is 9.08. The van der Waals surface area contributed by atoms with E-state index in [0.29, 0.717) is 24.7 Å². The van der Waals surface area contributed by atoms with Crippen LogP contribution in [0.25, 0.3) is 0 Å². The van der Waals surface area contributed by atoms with E-state index in [4.69, 9.17) is 5.11 Å². The van der Waals surface area contributed by atoms with Gasteiger partial charge < -0.3 is 15.3 Å². The van der Waals surface area contributed by atoms with E-state index in [0.717, 1.165) is 32.1 Å². The Morgan fingerprint density at radius 3 is 2.31 bits per heavy atom. The SMILES string of the molecule is CC(C)(C)C(=O)O.C[C@]12C[C@H](O)[C@H]3[C@@H](CCC4=CC(=O)CC[C@@]43C)[C@@H]1CC[C@@H]2C(=O)CO. The number of rotatable bonds is 2. The monoisotopic (exact) mass is 448 g/mol. The van der Waals surface area contributed by atoms with Crippen molar-refractivity contribution in [1.29, 1.82) is 0 Å². The summed E-state index contributed by atoms with van der Waals surface area (Å²) >= 11 is 0. The highest BCUT2D eigenvalue weighted by Gasteiger charge is 2.62. The minimum Gasteiger partial charge on any atom is -0.481 e. The molecule has 0 aromatic carbocycles. The van der Waals surface area contributed by atoms with Crippen molar-refractivity contribution in [3.63, 3.8) is 0 Å². The molecule has 0 aliphatic heterocycles. The number of aliphatic hydroxyl groups is 2. The summed E-state index contributed by atoms with van der Waals surface area (Å²) in [7, 11) is 0. The quantitative estimate of drug-likeness (QED) is 0.593. The summed E-state index contributed by atoms with van der Waals surface area (Å²) in [6, 6.07) is 0. The number of carboxylic acid groups (broad SMARTS) is 1. The van der Waals surface area contributed by atoms with Gasteiger partial charge >= 0.3 is 5.97 Å². The number of Topliss-reactive ketones (excluding diaryl/α,β-unsaturated/α-hetero) is 1. The lowest BCUT2D eigenvalue weighted by Gasteiger charge is -2.59. The number of ketones is 2. The number of carboxylic acids is 1. The summed E-state index contributed by atoms with van der Waals surface area (Å²) < 4.78 is 0. The van der Waals surface area contributed by atoms with E-state index >= 15 is 0 Å². The largest absolute Gasteiger partial charge is 0.481 e. The zero-order valence-corrected chi connectivity index (χ0v) is 20.2. The molecule has 0 aromatic heterocycles. The zero-order chi connectivity index (χ0) is 24.1. The Hall–Kier alpha value is -1.53. The van der Waals surface area contributed by atoms with Crippen molar-refractivity contribution in [3.05, 3.63) is 11.6 Å². The minimum atomic E-state index is -0.757. The second-order valence-electron chi connectivity index (χ2n) is 12.0. The molecule has 0 heterocycles. The lowest BCUT2D eigenvalue weighted by molar-refractivity contribution is -0.146. The van der Waals surface area contributed by atoms with Crippen molar-refractivity contribution in [2.75, 3.05) is 6.61 Å². The van der Waals surface area contributed by atoms with Crippen LogP contribution in [-0.2, 0) is 14.4 Å². The van der Waals surface area contributed by atoms with Crippen molar-refractivity contribution in [2.24, 2.45) is 39.9 Å². The van der Waals surface area contributed by atoms with E-state index in [-0.39, 0.29) is 40.8 Å². The van der Waals surface area contributed by atoms with Crippen molar-refractivity contribution in [2.45, 2.75) is 85.7 Å². The second-order valence-corrected chi connectivity index (χ2v) is 12.0. The second kappa shape index (κ2) is 8.68. The Kier molecular flexibility index (Phi) is 6.81. The molecule has 3 fully saturated rings. The molecule has 6 nitrogen and oxygen atoms in total. The highest BCUT2D eigenvalue weighted by atomic mass is 16.4. The van der Waals surface area contributed by atoms with Gasteiger partial charge in [0.2, 0.25) is 0 Å². The molecule has 3 saturated carbocycles. The lowest BCUT2D eigenvalue weighted by atomic mass is 9.46. The molecule has 0 saturated heterocycles. The van der Waals surface area contributed by atoms with Crippen LogP contribution in [0.1, 0.15) is 79.6 Å². The average Bonchev–Trinajstić information content (AvgIpc) is 3.04. The summed E-state index contributed by atoms with van der Waals surface area (Å²) in [6.45, 7) is 9.02. The minimum absolute atomic E-state index is 0.0541. The molecule has 4 aliphatic rings. The van der Waals surface area contributed by atoms with Gasteiger partial charge in [-0.3, -0.25) is 14.4 Å². The van der Waals surface area contributed by atoms with Crippen LogP contribution in [0.3, 0.4) is 0 Å². The van der Waals surface area contributed by atoms with Crippen LogP contribution in [0.4, 0.5) is 0 Å². The Morgan fingerprint density at radius 2 is 1.75 bits per heavy atom. The van der Waals surface area contributed by atoms with Crippen LogP contribution in [0.2, 0.25) is 0 Å². The Bertz CT molecular complexity index is 808. The van der Waals surface area contributed by atoms with Crippen LogP contribution in [0, 0.1) is 39.9 Å². The van der Waals surface area contributed by atoms with E-state index in [1.54, 1.807) is 20.8 Å². The normalized spacial score (nSPS) is 40.8. The van der Waals surface area contributed by atoms with Gasteiger partial charge in [0.15, 0.2) is 11.6 Å². The molecule has 7 atom stereocenters. The number of aliphatic hydroxyl groups excluding tert-OH is 2. The van der Waals surface area contributed by atoms with E-state index in [1.165, 1.54) is 5.57 Å². The lowest BCUT2D eigenvalue weighted by Crippen LogP contribution is -2.57. The number of hydrogen-bond donors (Lipinski definition) is 3. The van der Waals surface area contributed by atoms with Crippen LogP contribution in [-0.4, -0.2) is 45.6 Å². The first kappa shape index (κ1) is 25.1. The molecule has 6 heteroatoms. The fourth-order valence-corrected chi connectivity index (χ4v) is 7.33. The summed E-state index contributed by atoms with van der Waals surface area (Å²) in [4.78, 5) is 34.2.